The second kappa shape index (κ2) is 5.87. The Morgan fingerprint density at radius 3 is 2.47 bits per heavy atom. The minimum Gasteiger partial charge on any atom is -0.354 e. The van der Waals surface area contributed by atoms with E-state index in [4.69, 9.17) is 11.6 Å². The third kappa shape index (κ3) is 4.17. The number of anilines is 2. The second-order valence-electron chi connectivity index (χ2n) is 4.35. The fourth-order valence-electron chi connectivity index (χ4n) is 1.87. The maximum atomic E-state index is 11.3. The zero-order valence-corrected chi connectivity index (χ0v) is 12.1. The van der Waals surface area contributed by atoms with Gasteiger partial charge in [-0.05, 0) is 31.4 Å². The molecule has 2 rings (SSSR count). The van der Waals surface area contributed by atoms with Crippen molar-refractivity contribution in [2.45, 2.75) is 25.8 Å². The second-order valence-corrected chi connectivity index (χ2v) is 6.99. The van der Waals surface area contributed by atoms with Gasteiger partial charge in [0, 0.05) is 12.6 Å². The van der Waals surface area contributed by atoms with Gasteiger partial charge in [0.2, 0.25) is 17.2 Å². The molecular weight excluding hydrogens is 290 g/mol. The Balaban J connectivity index is 2.03. The molecule has 1 aromatic rings. The third-order valence-corrected chi connectivity index (χ3v) is 4.72. The number of nitrogens with zero attached hydrogens (tertiary/aromatic N) is 3. The highest BCUT2D eigenvalue weighted by atomic mass is 35.5. The zero-order valence-electron chi connectivity index (χ0n) is 10.6. The van der Waals surface area contributed by atoms with E-state index in [0.29, 0.717) is 31.3 Å². The topological polar surface area (TPSA) is 96.9 Å². The van der Waals surface area contributed by atoms with Crippen LogP contribution in [0.4, 0.5) is 11.9 Å². The van der Waals surface area contributed by atoms with Crippen LogP contribution in [0.2, 0.25) is 5.28 Å². The molecule has 0 spiro atoms. The van der Waals surface area contributed by atoms with Crippen LogP contribution in [-0.4, -0.2) is 47.5 Å². The molecule has 1 saturated heterocycles. The molecule has 0 bridgehead atoms. The molecule has 0 atom stereocenters. The standard InChI is InChI=1S/C10H16ClN5O2S/c1-2-12-9-14-8(11)15-10(16-9)13-7-3-5-19(17,18)6-4-7/h7H,2-6H2,1H3,(H2,12,13,14,15,16). The quantitative estimate of drug-likeness (QED) is 0.854. The summed E-state index contributed by atoms with van der Waals surface area (Å²) in [4.78, 5) is 12.1. The van der Waals surface area contributed by atoms with Crippen molar-refractivity contribution in [1.82, 2.24) is 15.0 Å². The average Bonchev–Trinajstić information content (AvgIpc) is 2.32. The lowest BCUT2D eigenvalue weighted by Crippen LogP contribution is -2.32. The van der Waals surface area contributed by atoms with Gasteiger partial charge < -0.3 is 10.6 Å². The number of halogens is 1. The summed E-state index contributed by atoms with van der Waals surface area (Å²) in [6, 6.07) is 0.0523. The molecule has 1 fully saturated rings. The monoisotopic (exact) mass is 305 g/mol. The van der Waals surface area contributed by atoms with Gasteiger partial charge in [-0.15, -0.1) is 0 Å². The summed E-state index contributed by atoms with van der Waals surface area (Å²) in [6.45, 7) is 2.61. The molecule has 2 N–H and O–H groups in total. The van der Waals surface area contributed by atoms with Gasteiger partial charge in [0.15, 0.2) is 0 Å². The SMILES string of the molecule is CCNc1nc(Cl)nc(NC2CCS(=O)(=O)CC2)n1. The molecule has 1 aliphatic heterocycles. The van der Waals surface area contributed by atoms with E-state index in [1.165, 1.54) is 0 Å². The van der Waals surface area contributed by atoms with E-state index in [1.54, 1.807) is 0 Å². The van der Waals surface area contributed by atoms with Crippen LogP contribution in [0.3, 0.4) is 0 Å². The minimum atomic E-state index is -2.86. The first-order valence-corrected chi connectivity index (χ1v) is 8.31. The normalized spacial score (nSPS) is 19.1. The molecule has 0 unspecified atom stereocenters. The number of hydrogen-bond donors (Lipinski definition) is 2. The highest BCUT2D eigenvalue weighted by molar-refractivity contribution is 7.91. The van der Waals surface area contributed by atoms with Crippen LogP contribution in [0.1, 0.15) is 19.8 Å². The lowest BCUT2D eigenvalue weighted by molar-refractivity contribution is 0.558. The summed E-state index contributed by atoms with van der Waals surface area (Å²) in [6.07, 6.45) is 1.12. The fourth-order valence-corrected chi connectivity index (χ4v) is 3.52. The average molecular weight is 306 g/mol. The van der Waals surface area contributed by atoms with Crippen molar-refractivity contribution in [3.63, 3.8) is 0 Å². The number of aromatic nitrogens is 3. The van der Waals surface area contributed by atoms with E-state index >= 15 is 0 Å². The van der Waals surface area contributed by atoms with Gasteiger partial charge in [0.05, 0.1) is 11.5 Å². The summed E-state index contributed by atoms with van der Waals surface area (Å²) >= 11 is 5.81. The van der Waals surface area contributed by atoms with Crippen LogP contribution in [0.25, 0.3) is 0 Å². The summed E-state index contributed by atoms with van der Waals surface area (Å²) in [5.41, 5.74) is 0. The molecule has 0 aromatic carbocycles. The first kappa shape index (κ1) is 14.3. The van der Waals surface area contributed by atoms with Crippen LogP contribution < -0.4 is 10.6 Å². The van der Waals surface area contributed by atoms with Crippen LogP contribution in [-0.2, 0) is 9.84 Å². The number of nitrogens with one attached hydrogen (secondary N) is 2. The van der Waals surface area contributed by atoms with E-state index < -0.39 is 9.84 Å². The summed E-state index contributed by atoms with van der Waals surface area (Å²) in [5.74, 6) is 1.18. The highest BCUT2D eigenvalue weighted by Crippen LogP contribution is 2.17. The molecule has 106 valence electrons. The van der Waals surface area contributed by atoms with Crippen molar-refractivity contribution >= 4 is 33.3 Å². The van der Waals surface area contributed by atoms with Crippen molar-refractivity contribution in [3.05, 3.63) is 5.28 Å². The molecular formula is C10H16ClN5O2S. The number of hydrogen-bond acceptors (Lipinski definition) is 7. The van der Waals surface area contributed by atoms with E-state index in [9.17, 15) is 8.42 Å². The predicted molar refractivity (Wildman–Crippen MR) is 74.3 cm³/mol. The van der Waals surface area contributed by atoms with Crippen molar-refractivity contribution in [3.8, 4) is 0 Å². The van der Waals surface area contributed by atoms with Gasteiger partial charge in [0.1, 0.15) is 9.84 Å². The minimum absolute atomic E-state index is 0.0523. The molecule has 0 aliphatic carbocycles. The molecule has 7 nitrogen and oxygen atoms in total. The maximum Gasteiger partial charge on any atom is 0.229 e. The summed E-state index contributed by atoms with van der Waals surface area (Å²) in [5, 5.41) is 6.17. The van der Waals surface area contributed by atoms with Gasteiger partial charge >= 0.3 is 0 Å². The van der Waals surface area contributed by atoms with Gasteiger partial charge in [-0.1, -0.05) is 0 Å². The Hall–Kier alpha value is -1.15. The molecule has 0 amide bonds. The number of rotatable bonds is 4. The Morgan fingerprint density at radius 1 is 1.21 bits per heavy atom. The Kier molecular flexibility index (Phi) is 4.41. The molecule has 19 heavy (non-hydrogen) atoms. The van der Waals surface area contributed by atoms with Crippen LogP contribution in [0.5, 0.6) is 0 Å². The smallest absolute Gasteiger partial charge is 0.229 e. The molecule has 1 aromatic heterocycles. The van der Waals surface area contributed by atoms with Crippen LogP contribution >= 0.6 is 11.6 Å². The number of sulfone groups is 1. The van der Waals surface area contributed by atoms with Gasteiger partial charge in [-0.25, -0.2) is 8.42 Å². The van der Waals surface area contributed by atoms with E-state index in [0.717, 1.165) is 0 Å². The predicted octanol–water partition coefficient (Wildman–Crippen LogP) is 0.946. The van der Waals surface area contributed by atoms with Gasteiger partial charge in [0.25, 0.3) is 0 Å². The molecule has 0 radical (unpaired) electrons. The third-order valence-electron chi connectivity index (χ3n) is 2.83. The Labute approximate surface area is 117 Å². The molecule has 0 saturated carbocycles. The zero-order chi connectivity index (χ0) is 13.9. The van der Waals surface area contributed by atoms with Gasteiger partial charge in [-0.3, -0.25) is 0 Å². The van der Waals surface area contributed by atoms with Crippen LogP contribution in [0.15, 0.2) is 0 Å². The van der Waals surface area contributed by atoms with Crippen molar-refractivity contribution in [1.29, 1.82) is 0 Å². The highest BCUT2D eigenvalue weighted by Gasteiger charge is 2.24. The lowest BCUT2D eigenvalue weighted by atomic mass is 10.2. The Morgan fingerprint density at radius 2 is 1.84 bits per heavy atom. The Bertz CT molecular complexity index is 537. The van der Waals surface area contributed by atoms with E-state index in [1.807, 2.05) is 6.92 Å². The first-order valence-electron chi connectivity index (χ1n) is 6.11. The first-order chi connectivity index (χ1) is 8.98. The van der Waals surface area contributed by atoms with E-state index in [-0.39, 0.29) is 22.8 Å². The molecule has 2 heterocycles. The van der Waals surface area contributed by atoms with Gasteiger partial charge in [-0.2, -0.15) is 15.0 Å². The van der Waals surface area contributed by atoms with Crippen molar-refractivity contribution < 1.29 is 8.42 Å². The molecule has 1 aliphatic rings. The van der Waals surface area contributed by atoms with Crippen molar-refractivity contribution in [2.75, 3.05) is 28.7 Å². The fraction of sp³-hybridized carbons (Fsp3) is 0.700. The summed E-state index contributed by atoms with van der Waals surface area (Å²) < 4.78 is 22.7. The lowest BCUT2D eigenvalue weighted by Gasteiger charge is -2.23. The molecule has 9 heteroatoms. The summed E-state index contributed by atoms with van der Waals surface area (Å²) in [7, 11) is -2.86. The largest absolute Gasteiger partial charge is 0.354 e. The van der Waals surface area contributed by atoms with Crippen molar-refractivity contribution in [2.24, 2.45) is 0 Å². The van der Waals surface area contributed by atoms with Crippen LogP contribution in [0, 0.1) is 0 Å². The van der Waals surface area contributed by atoms with E-state index in [2.05, 4.69) is 25.6 Å². The maximum absolute atomic E-state index is 11.3.